The van der Waals surface area contributed by atoms with Crippen LogP contribution in [-0.4, -0.2) is 189 Å². The second-order valence-corrected chi connectivity index (χ2v) is 23.3. The first-order chi connectivity index (χ1) is 40.6. The summed E-state index contributed by atoms with van der Waals surface area (Å²) in [7, 11) is 0. The number of fused-ring (bicyclic) bond motifs is 2. The number of piperazine rings is 1. The molecule has 5 atom stereocenters. The molecule has 5 N–H and O–H groups in total. The van der Waals surface area contributed by atoms with Crippen LogP contribution in [0.2, 0.25) is 0 Å². The van der Waals surface area contributed by atoms with E-state index in [9.17, 15) is 34.2 Å². The second-order valence-electron chi connectivity index (χ2n) is 22.5. The van der Waals surface area contributed by atoms with Crippen molar-refractivity contribution in [2.45, 2.75) is 122 Å². The number of rotatable bonds is 37. The van der Waals surface area contributed by atoms with Crippen LogP contribution in [0, 0.1) is 12.3 Å². The fraction of sp³-hybridized carbons (Fsp3) is 0.565. The molecule has 22 heteroatoms. The van der Waals surface area contributed by atoms with E-state index in [-0.39, 0.29) is 62.7 Å². The van der Waals surface area contributed by atoms with Crippen molar-refractivity contribution in [2.75, 3.05) is 104 Å². The first-order valence-corrected chi connectivity index (χ1v) is 30.3. The molecule has 2 aromatic heterocycles. The molecular weight excluding hydrogens is 1100 g/mol. The molecule has 0 unspecified atom stereocenters. The molecule has 458 valence electrons. The fourth-order valence-corrected chi connectivity index (χ4v) is 11.2. The molecule has 3 fully saturated rings. The van der Waals surface area contributed by atoms with Gasteiger partial charge in [-0.15, -0.1) is 11.3 Å². The van der Waals surface area contributed by atoms with E-state index in [0.717, 1.165) is 91.3 Å². The van der Waals surface area contributed by atoms with E-state index in [2.05, 4.69) is 35.7 Å². The average molecular weight is 1180 g/mol. The lowest BCUT2D eigenvalue weighted by molar-refractivity contribution is -0.144. The first kappa shape index (κ1) is 65.0. The number of nitrogens with zero attached hydrogens (tertiary/aromatic N) is 5. The number of aromatic nitrogens is 2. The molecule has 3 saturated heterocycles. The van der Waals surface area contributed by atoms with Crippen LogP contribution in [0.25, 0.3) is 10.4 Å². The van der Waals surface area contributed by atoms with Gasteiger partial charge in [0.2, 0.25) is 23.6 Å². The number of phenols is 1. The van der Waals surface area contributed by atoms with Gasteiger partial charge in [0.25, 0.3) is 0 Å². The van der Waals surface area contributed by atoms with Crippen molar-refractivity contribution in [1.29, 1.82) is 0 Å². The molecule has 4 amide bonds. The number of aromatic hydroxyl groups is 1. The number of allylic oxidation sites excluding steroid dienone is 1. The van der Waals surface area contributed by atoms with Crippen LogP contribution in [0.1, 0.15) is 100 Å². The molecule has 2 bridgehead atoms. The molecule has 84 heavy (non-hydrogen) atoms. The van der Waals surface area contributed by atoms with E-state index in [0.29, 0.717) is 83.5 Å². The molecule has 3 aliphatic rings. The van der Waals surface area contributed by atoms with Crippen LogP contribution in [0.4, 0.5) is 5.82 Å². The van der Waals surface area contributed by atoms with Crippen LogP contribution in [0.15, 0.2) is 84.6 Å². The van der Waals surface area contributed by atoms with Crippen molar-refractivity contribution in [3.8, 4) is 21.9 Å². The van der Waals surface area contributed by atoms with Crippen LogP contribution >= 0.6 is 11.3 Å². The van der Waals surface area contributed by atoms with Crippen LogP contribution in [0.3, 0.4) is 0 Å². The predicted octanol–water partition coefficient (Wildman–Crippen LogP) is 6.00. The van der Waals surface area contributed by atoms with Crippen molar-refractivity contribution < 1.29 is 62.6 Å². The van der Waals surface area contributed by atoms with E-state index >= 15 is 0 Å². The number of likely N-dealkylation sites (tertiary alicyclic amines) is 2. The van der Waals surface area contributed by atoms with Gasteiger partial charge >= 0.3 is 0 Å². The number of phenolic OH excluding ortho intramolecular Hbond substituents is 1. The van der Waals surface area contributed by atoms with Crippen LogP contribution in [-0.2, 0) is 49.4 Å². The monoisotopic (exact) mass is 1180 g/mol. The van der Waals surface area contributed by atoms with E-state index in [4.69, 9.17) is 28.4 Å². The second kappa shape index (κ2) is 33.8. The Balaban J connectivity index is 0.616. The van der Waals surface area contributed by atoms with Gasteiger partial charge in [0.1, 0.15) is 36.0 Å². The number of aryl methyl sites for hydroxylation is 1. The lowest BCUT2D eigenvalue weighted by Gasteiger charge is -2.35. The molecule has 0 spiro atoms. The molecular formula is C62H86N8O13S. The zero-order chi connectivity index (χ0) is 59.7. The number of unbranched alkanes of at least 4 members (excludes halogenated alkanes) is 5. The number of carbonyl (C=O) groups is 5. The Hall–Kier alpha value is -6.53. The maximum atomic E-state index is 13.9. The third kappa shape index (κ3) is 20.6. The largest absolute Gasteiger partial charge is 0.507 e. The normalized spacial score (nSPS) is 17.9. The summed E-state index contributed by atoms with van der Waals surface area (Å²) in [5.74, 6) is 0.215. The van der Waals surface area contributed by atoms with E-state index in [1.165, 1.54) is 11.0 Å². The molecule has 4 aromatic rings. The Morgan fingerprint density at radius 2 is 1.43 bits per heavy atom. The SMILES string of the molecule is Cc1ncsc1-c1ccc(CNC(=O)[C@@H]2C[C@@H](O)CN2C(=O)[C@@H](NC(=O)COCCOCCOCCOCCOCCNC(=O)CCCCCCCCOc2ccnc(N3C[C@H]4C[C@@H]3CN4/C=C/C(=O)c3ccccc3O)c2)C(C)(C)C)cc1. The summed E-state index contributed by atoms with van der Waals surface area (Å²) < 4.78 is 33.9. The van der Waals surface area contributed by atoms with Gasteiger partial charge in [-0.05, 0) is 60.9 Å². The molecule has 5 heterocycles. The smallest absolute Gasteiger partial charge is 0.246 e. The molecule has 0 radical (unpaired) electrons. The van der Waals surface area contributed by atoms with Crippen LogP contribution in [0.5, 0.6) is 11.5 Å². The Morgan fingerprint density at radius 3 is 2.10 bits per heavy atom. The number of pyridine rings is 1. The quantitative estimate of drug-likeness (QED) is 0.0197. The number of thiazole rings is 1. The van der Waals surface area contributed by atoms with Gasteiger partial charge in [0.15, 0.2) is 5.78 Å². The van der Waals surface area contributed by atoms with Gasteiger partial charge in [0.05, 0.1) is 93.8 Å². The summed E-state index contributed by atoms with van der Waals surface area (Å²) in [6.07, 6.45) is 11.9. The molecule has 3 aliphatic heterocycles. The zero-order valence-electron chi connectivity index (χ0n) is 49.2. The highest BCUT2D eigenvalue weighted by molar-refractivity contribution is 7.13. The van der Waals surface area contributed by atoms with Gasteiger partial charge in [-0.2, -0.15) is 0 Å². The van der Waals surface area contributed by atoms with E-state index in [1.807, 2.05) is 75.8 Å². The third-order valence-corrected chi connectivity index (χ3v) is 15.9. The Bertz CT molecular complexity index is 2740. The van der Waals surface area contributed by atoms with E-state index in [1.54, 1.807) is 41.8 Å². The lowest BCUT2D eigenvalue weighted by Crippen LogP contribution is -2.58. The highest BCUT2D eigenvalue weighted by Gasteiger charge is 2.45. The van der Waals surface area contributed by atoms with Gasteiger partial charge in [-0.1, -0.05) is 82.9 Å². The summed E-state index contributed by atoms with van der Waals surface area (Å²) in [5, 5.41) is 29.2. The number of nitrogens with one attached hydrogen (secondary N) is 3. The Morgan fingerprint density at radius 1 is 0.750 bits per heavy atom. The van der Waals surface area contributed by atoms with Crippen molar-refractivity contribution in [3.05, 3.63) is 101 Å². The highest BCUT2D eigenvalue weighted by atomic mass is 32.1. The number of ether oxygens (including phenoxy) is 6. The maximum Gasteiger partial charge on any atom is 0.246 e. The number of ketones is 1. The molecule has 0 aliphatic carbocycles. The minimum Gasteiger partial charge on any atom is -0.507 e. The number of anilines is 1. The van der Waals surface area contributed by atoms with Crippen molar-refractivity contribution in [3.63, 3.8) is 0 Å². The van der Waals surface area contributed by atoms with Gasteiger partial charge < -0.3 is 69.3 Å². The minimum atomic E-state index is -0.969. The number of hydrogen-bond acceptors (Lipinski definition) is 18. The molecule has 2 aromatic carbocycles. The number of aliphatic hydroxyl groups is 1. The lowest BCUT2D eigenvalue weighted by atomic mass is 9.85. The number of aliphatic hydroxyl groups excluding tert-OH is 1. The summed E-state index contributed by atoms with van der Waals surface area (Å²) in [6, 6.07) is 17.1. The molecule has 7 rings (SSSR count). The van der Waals surface area contributed by atoms with Gasteiger partial charge in [0, 0.05) is 82.2 Å². The summed E-state index contributed by atoms with van der Waals surface area (Å²) in [6.45, 7) is 13.1. The van der Waals surface area contributed by atoms with Crippen molar-refractivity contribution in [1.82, 2.24) is 35.7 Å². The fourth-order valence-electron chi connectivity index (χ4n) is 10.4. The number of hydrogen-bond donors (Lipinski definition) is 5. The third-order valence-electron chi connectivity index (χ3n) is 14.9. The van der Waals surface area contributed by atoms with Crippen molar-refractivity contribution >= 4 is 46.6 Å². The number of amides is 4. The van der Waals surface area contributed by atoms with Gasteiger partial charge in [-0.25, -0.2) is 9.97 Å². The first-order valence-electron chi connectivity index (χ1n) is 29.5. The molecule has 21 nitrogen and oxygen atoms in total. The minimum absolute atomic E-state index is 0.0107. The maximum absolute atomic E-state index is 13.9. The number of para-hydroxylation sites is 1. The highest BCUT2D eigenvalue weighted by Crippen LogP contribution is 2.35. The standard InChI is InChI=1S/C62H86N8O13S/c1-44-58(84-43-66-44)46-18-16-45(17-19-46)38-65-60(76)52-36-49(71)41-70(52)61(77)59(62(2,3)4)67-57(75)42-82-34-33-81-32-31-80-30-29-79-28-27-78-26-23-64-56(74)15-9-7-5-6-8-12-25-83-50-20-22-63-55(37-50)69-40-47-35-48(69)39-68(47)24-21-54(73)51-13-10-11-14-53(51)72/h10-11,13-14,16-22,24,37,43,47-49,52,59,71-72H,5-9,12,15,23,25-36,38-42H2,1-4H3,(H,64,74)(H,65,76)(H,67,75)/b24-21+/t47-,48-,49-,52+,59-/m1/s1. The summed E-state index contributed by atoms with van der Waals surface area (Å²) in [5.41, 5.74) is 4.30. The molecule has 0 saturated carbocycles. The number of carbonyl (C=O) groups excluding carboxylic acids is 5. The van der Waals surface area contributed by atoms with Crippen molar-refractivity contribution in [2.24, 2.45) is 5.41 Å². The Labute approximate surface area is 497 Å². The summed E-state index contributed by atoms with van der Waals surface area (Å²) in [4.78, 5) is 81.1. The predicted molar refractivity (Wildman–Crippen MR) is 319 cm³/mol. The van der Waals surface area contributed by atoms with E-state index < -0.39 is 35.4 Å². The van der Waals surface area contributed by atoms with Crippen LogP contribution < -0.4 is 25.6 Å². The zero-order valence-corrected chi connectivity index (χ0v) is 50.0. The summed E-state index contributed by atoms with van der Waals surface area (Å²) >= 11 is 1.57. The topological polar surface area (TPSA) is 253 Å². The number of benzene rings is 2. The average Bonchev–Trinajstić information content (AvgIpc) is 3.96. The van der Waals surface area contributed by atoms with Gasteiger partial charge in [-0.3, -0.25) is 24.0 Å². The Kier molecular flexibility index (Phi) is 26.2. The number of β-amino-alcohol motifs (C(OH)–C–C–N with tert-alkyl or cyclic N) is 1.